The molecule has 0 aliphatic carbocycles. The Bertz CT molecular complexity index is 644. The number of piperazine rings is 1. The Morgan fingerprint density at radius 1 is 0.957 bits per heavy atom. The first kappa shape index (κ1) is 14.3. The van der Waals surface area contributed by atoms with Crippen LogP contribution in [0.3, 0.4) is 0 Å². The second-order valence-corrected chi connectivity index (χ2v) is 5.83. The van der Waals surface area contributed by atoms with E-state index in [0.717, 1.165) is 50.2 Å². The van der Waals surface area contributed by atoms with Crippen molar-refractivity contribution < 1.29 is 9.47 Å². The van der Waals surface area contributed by atoms with Crippen LogP contribution in [0.15, 0.2) is 42.7 Å². The number of anilines is 1. The first-order chi connectivity index (χ1) is 11.4. The maximum absolute atomic E-state index is 6.04. The third-order valence-corrected chi connectivity index (χ3v) is 4.24. The van der Waals surface area contributed by atoms with Crippen molar-refractivity contribution in [1.29, 1.82) is 0 Å². The Morgan fingerprint density at radius 2 is 1.70 bits per heavy atom. The van der Waals surface area contributed by atoms with E-state index in [2.05, 4.69) is 19.8 Å². The van der Waals surface area contributed by atoms with Crippen LogP contribution in [0, 0.1) is 0 Å². The molecule has 1 aromatic heterocycles. The highest BCUT2D eigenvalue weighted by Crippen LogP contribution is 2.31. The van der Waals surface area contributed by atoms with E-state index in [9.17, 15) is 0 Å². The molecule has 2 aliphatic heterocycles. The standard InChI is InChI=1S/C17H20N4O2/c1-2-5-16-15(4-1)22-13-14(23-16)12-20-8-10-21(11-9-20)17-18-6-3-7-19-17/h1-7,14H,8-13H2/t14-/m0/s1. The molecule has 0 bridgehead atoms. The van der Waals surface area contributed by atoms with Crippen molar-refractivity contribution in [2.24, 2.45) is 0 Å². The Morgan fingerprint density at radius 3 is 2.48 bits per heavy atom. The number of rotatable bonds is 3. The van der Waals surface area contributed by atoms with Crippen molar-refractivity contribution in [2.45, 2.75) is 6.10 Å². The summed E-state index contributed by atoms with van der Waals surface area (Å²) in [7, 11) is 0. The van der Waals surface area contributed by atoms with Crippen LogP contribution in [-0.4, -0.2) is 60.3 Å². The molecule has 2 aromatic rings. The number of hydrogen-bond donors (Lipinski definition) is 0. The summed E-state index contributed by atoms with van der Waals surface area (Å²) in [5.41, 5.74) is 0. The summed E-state index contributed by atoms with van der Waals surface area (Å²) in [6.07, 6.45) is 3.67. The zero-order valence-corrected chi connectivity index (χ0v) is 13.0. The number of nitrogens with zero attached hydrogens (tertiary/aromatic N) is 4. The van der Waals surface area contributed by atoms with Gasteiger partial charge in [0.2, 0.25) is 5.95 Å². The highest BCUT2D eigenvalue weighted by molar-refractivity contribution is 5.40. The Kier molecular flexibility index (Phi) is 3.98. The molecule has 6 heteroatoms. The number of aromatic nitrogens is 2. The van der Waals surface area contributed by atoms with E-state index < -0.39 is 0 Å². The van der Waals surface area contributed by atoms with Crippen molar-refractivity contribution in [3.8, 4) is 11.5 Å². The van der Waals surface area contributed by atoms with Gasteiger partial charge in [-0.3, -0.25) is 4.90 Å². The summed E-state index contributed by atoms with van der Waals surface area (Å²) in [5.74, 6) is 2.51. The second-order valence-electron chi connectivity index (χ2n) is 5.83. The molecular weight excluding hydrogens is 292 g/mol. The minimum absolute atomic E-state index is 0.0874. The van der Waals surface area contributed by atoms with Crippen LogP contribution in [-0.2, 0) is 0 Å². The Labute approximate surface area is 135 Å². The SMILES string of the molecule is c1cnc(N2CCN(C[C@H]3COc4ccccc4O3)CC2)nc1. The van der Waals surface area contributed by atoms with Crippen LogP contribution in [0.25, 0.3) is 0 Å². The van der Waals surface area contributed by atoms with Crippen molar-refractivity contribution in [3.05, 3.63) is 42.7 Å². The summed E-state index contributed by atoms with van der Waals surface area (Å²) >= 11 is 0. The number of fused-ring (bicyclic) bond motifs is 1. The number of ether oxygens (including phenoxy) is 2. The molecule has 0 spiro atoms. The molecule has 4 rings (SSSR count). The fraction of sp³-hybridized carbons (Fsp3) is 0.412. The molecule has 0 unspecified atom stereocenters. The Balaban J connectivity index is 1.30. The van der Waals surface area contributed by atoms with Gasteiger partial charge in [0, 0.05) is 45.1 Å². The van der Waals surface area contributed by atoms with Crippen LogP contribution >= 0.6 is 0 Å². The fourth-order valence-corrected chi connectivity index (χ4v) is 3.03. The van der Waals surface area contributed by atoms with Crippen LogP contribution in [0.4, 0.5) is 5.95 Å². The van der Waals surface area contributed by atoms with Gasteiger partial charge < -0.3 is 14.4 Å². The summed E-state index contributed by atoms with van der Waals surface area (Å²) in [6.45, 7) is 5.35. The smallest absolute Gasteiger partial charge is 0.225 e. The summed E-state index contributed by atoms with van der Waals surface area (Å²) in [6, 6.07) is 9.70. The summed E-state index contributed by atoms with van der Waals surface area (Å²) in [4.78, 5) is 13.3. The quantitative estimate of drug-likeness (QED) is 0.855. The van der Waals surface area contributed by atoms with Gasteiger partial charge in [-0.2, -0.15) is 0 Å². The third kappa shape index (κ3) is 3.22. The molecule has 1 saturated heterocycles. The predicted octanol–water partition coefficient (Wildman–Crippen LogP) is 1.44. The minimum Gasteiger partial charge on any atom is -0.486 e. The average molecular weight is 312 g/mol. The molecule has 0 amide bonds. The van der Waals surface area contributed by atoms with Gasteiger partial charge in [-0.15, -0.1) is 0 Å². The topological polar surface area (TPSA) is 50.7 Å². The van der Waals surface area contributed by atoms with Gasteiger partial charge in [0.1, 0.15) is 12.7 Å². The van der Waals surface area contributed by atoms with E-state index in [1.807, 2.05) is 30.3 Å². The van der Waals surface area contributed by atoms with Crippen molar-refractivity contribution in [1.82, 2.24) is 14.9 Å². The van der Waals surface area contributed by atoms with Gasteiger partial charge >= 0.3 is 0 Å². The normalized spacial score (nSPS) is 21.2. The molecule has 0 saturated carbocycles. The van der Waals surface area contributed by atoms with Gasteiger partial charge in [-0.1, -0.05) is 12.1 Å². The molecule has 1 atom stereocenters. The maximum atomic E-state index is 6.04. The second kappa shape index (κ2) is 6.42. The van der Waals surface area contributed by atoms with Gasteiger partial charge in [0.15, 0.2) is 11.5 Å². The summed E-state index contributed by atoms with van der Waals surface area (Å²) in [5, 5.41) is 0. The number of para-hydroxylation sites is 2. The molecule has 2 aliphatic rings. The fourth-order valence-electron chi connectivity index (χ4n) is 3.03. The highest BCUT2D eigenvalue weighted by atomic mass is 16.6. The van der Waals surface area contributed by atoms with Gasteiger partial charge in [-0.25, -0.2) is 9.97 Å². The lowest BCUT2D eigenvalue weighted by molar-refractivity contribution is 0.0570. The molecule has 6 nitrogen and oxygen atoms in total. The first-order valence-corrected chi connectivity index (χ1v) is 8.01. The van der Waals surface area contributed by atoms with E-state index in [1.165, 1.54) is 0 Å². The first-order valence-electron chi connectivity index (χ1n) is 8.01. The largest absolute Gasteiger partial charge is 0.486 e. The summed E-state index contributed by atoms with van der Waals surface area (Å²) < 4.78 is 11.8. The van der Waals surface area contributed by atoms with E-state index in [4.69, 9.17) is 9.47 Å². The van der Waals surface area contributed by atoms with E-state index in [-0.39, 0.29) is 6.10 Å². The van der Waals surface area contributed by atoms with Crippen molar-refractivity contribution in [3.63, 3.8) is 0 Å². The molecule has 1 fully saturated rings. The van der Waals surface area contributed by atoms with E-state index >= 15 is 0 Å². The average Bonchev–Trinajstić information content (AvgIpc) is 2.63. The molecule has 120 valence electrons. The van der Waals surface area contributed by atoms with E-state index in [0.29, 0.717) is 6.61 Å². The van der Waals surface area contributed by atoms with Gasteiger partial charge in [-0.05, 0) is 18.2 Å². The zero-order valence-electron chi connectivity index (χ0n) is 13.0. The number of benzene rings is 1. The molecule has 1 aromatic carbocycles. The van der Waals surface area contributed by atoms with Crippen LogP contribution in [0.1, 0.15) is 0 Å². The van der Waals surface area contributed by atoms with Crippen molar-refractivity contribution in [2.75, 3.05) is 44.2 Å². The molecular formula is C17H20N4O2. The van der Waals surface area contributed by atoms with Crippen molar-refractivity contribution >= 4 is 5.95 Å². The predicted molar refractivity (Wildman–Crippen MR) is 87.0 cm³/mol. The lowest BCUT2D eigenvalue weighted by atomic mass is 10.2. The number of hydrogen-bond acceptors (Lipinski definition) is 6. The highest BCUT2D eigenvalue weighted by Gasteiger charge is 2.25. The molecule has 3 heterocycles. The van der Waals surface area contributed by atoms with E-state index in [1.54, 1.807) is 12.4 Å². The van der Waals surface area contributed by atoms with Crippen LogP contribution < -0.4 is 14.4 Å². The lowest BCUT2D eigenvalue weighted by Crippen LogP contribution is -2.51. The molecule has 23 heavy (non-hydrogen) atoms. The van der Waals surface area contributed by atoms with Gasteiger partial charge in [0.05, 0.1) is 0 Å². The lowest BCUT2D eigenvalue weighted by Gasteiger charge is -2.37. The third-order valence-electron chi connectivity index (χ3n) is 4.24. The maximum Gasteiger partial charge on any atom is 0.225 e. The van der Waals surface area contributed by atoms with Crippen LogP contribution in [0.5, 0.6) is 11.5 Å². The molecule has 0 N–H and O–H groups in total. The molecule has 0 radical (unpaired) electrons. The van der Waals surface area contributed by atoms with Gasteiger partial charge in [0.25, 0.3) is 0 Å². The minimum atomic E-state index is 0.0874. The zero-order chi connectivity index (χ0) is 15.5. The monoisotopic (exact) mass is 312 g/mol. The Hall–Kier alpha value is -2.34. The van der Waals surface area contributed by atoms with Crippen LogP contribution in [0.2, 0.25) is 0 Å².